The number of hydrogen-bond donors (Lipinski definition) is 3. The van der Waals surface area contributed by atoms with Crippen LogP contribution in [-0.4, -0.2) is 29.6 Å². The van der Waals surface area contributed by atoms with Crippen molar-refractivity contribution in [1.82, 2.24) is 10.3 Å². The minimum Gasteiger partial charge on any atom is -0.305 e. The van der Waals surface area contributed by atoms with Crippen molar-refractivity contribution in [1.29, 1.82) is 0 Å². The predicted molar refractivity (Wildman–Crippen MR) is 48.2 cm³/mol. The molecule has 2 bridgehead atoms. The van der Waals surface area contributed by atoms with E-state index >= 15 is 0 Å². The molecule has 3 saturated heterocycles. The normalized spacial score (nSPS) is 43.2. The first-order valence-electron chi connectivity index (χ1n) is 4.72. The number of carbonyl (C=O) groups excluding carboxylic acids is 1. The third-order valence-corrected chi connectivity index (χ3v) is 3.30. The Hall–Kier alpha value is -0.650. The van der Waals surface area contributed by atoms with Crippen molar-refractivity contribution >= 4 is 5.91 Å². The highest BCUT2D eigenvalue weighted by Gasteiger charge is 2.47. The van der Waals surface area contributed by atoms with E-state index in [0.29, 0.717) is 5.92 Å². The monoisotopic (exact) mass is 184 g/mol. The van der Waals surface area contributed by atoms with Crippen molar-refractivity contribution in [2.75, 3.05) is 13.1 Å². The third kappa shape index (κ3) is 1.23. The number of nitrogens with two attached hydrogens (primary N) is 2. The summed E-state index contributed by atoms with van der Waals surface area (Å²) in [6.45, 7) is 1.85. The summed E-state index contributed by atoms with van der Waals surface area (Å²) in [7, 11) is 0. The number of hydrazine groups is 1. The molecule has 0 radical (unpaired) electrons. The SMILES string of the molecule is NNC(=O)C1(N)CC2CCN1CC2. The minimum atomic E-state index is -0.837. The zero-order valence-electron chi connectivity index (χ0n) is 7.62. The van der Waals surface area contributed by atoms with Crippen molar-refractivity contribution in [3.63, 3.8) is 0 Å². The van der Waals surface area contributed by atoms with Gasteiger partial charge in [-0.05, 0) is 25.2 Å². The van der Waals surface area contributed by atoms with Gasteiger partial charge < -0.3 is 5.73 Å². The van der Waals surface area contributed by atoms with Gasteiger partial charge in [-0.1, -0.05) is 0 Å². The Balaban J connectivity index is 2.18. The van der Waals surface area contributed by atoms with Gasteiger partial charge in [-0.2, -0.15) is 0 Å². The Morgan fingerprint density at radius 1 is 1.46 bits per heavy atom. The summed E-state index contributed by atoms with van der Waals surface area (Å²) in [6.07, 6.45) is 3.07. The molecular weight excluding hydrogens is 168 g/mol. The topological polar surface area (TPSA) is 84.4 Å². The van der Waals surface area contributed by atoms with Crippen LogP contribution in [0.4, 0.5) is 0 Å². The average Bonchev–Trinajstić information content (AvgIpc) is 2.18. The lowest BCUT2D eigenvalue weighted by Gasteiger charge is -2.50. The van der Waals surface area contributed by atoms with Crippen LogP contribution in [0.5, 0.6) is 0 Å². The molecule has 13 heavy (non-hydrogen) atoms. The smallest absolute Gasteiger partial charge is 0.269 e. The number of hydrogen-bond acceptors (Lipinski definition) is 4. The number of piperidine rings is 3. The first-order chi connectivity index (χ1) is 6.16. The van der Waals surface area contributed by atoms with Crippen molar-refractivity contribution in [2.24, 2.45) is 17.5 Å². The molecule has 3 fully saturated rings. The van der Waals surface area contributed by atoms with E-state index in [1.165, 1.54) is 0 Å². The zero-order chi connectivity index (χ0) is 9.47. The second-order valence-electron chi connectivity index (χ2n) is 4.03. The molecule has 1 atom stereocenters. The lowest BCUT2D eigenvalue weighted by Crippen LogP contribution is -2.71. The van der Waals surface area contributed by atoms with Crippen molar-refractivity contribution in [3.05, 3.63) is 0 Å². The first kappa shape index (κ1) is 8.93. The number of amides is 1. The van der Waals surface area contributed by atoms with E-state index in [2.05, 4.69) is 5.43 Å². The number of nitrogens with one attached hydrogen (secondary N) is 1. The predicted octanol–water partition coefficient (Wildman–Crippen LogP) is -1.25. The van der Waals surface area contributed by atoms with Crippen LogP contribution in [0.1, 0.15) is 19.3 Å². The number of carbonyl (C=O) groups is 1. The van der Waals surface area contributed by atoms with Crippen molar-refractivity contribution in [2.45, 2.75) is 24.9 Å². The summed E-state index contributed by atoms with van der Waals surface area (Å²) in [6, 6.07) is 0. The summed E-state index contributed by atoms with van der Waals surface area (Å²) in [5.74, 6) is 5.46. The Labute approximate surface area is 77.4 Å². The van der Waals surface area contributed by atoms with Gasteiger partial charge >= 0.3 is 0 Å². The molecule has 0 spiro atoms. The van der Waals surface area contributed by atoms with Crippen LogP contribution in [0.3, 0.4) is 0 Å². The minimum absolute atomic E-state index is 0.253. The average molecular weight is 184 g/mol. The van der Waals surface area contributed by atoms with Gasteiger partial charge in [0, 0.05) is 13.1 Å². The molecule has 3 aliphatic rings. The molecule has 5 nitrogen and oxygen atoms in total. The van der Waals surface area contributed by atoms with Crippen LogP contribution in [0.25, 0.3) is 0 Å². The fourth-order valence-electron chi connectivity index (χ4n) is 2.47. The summed E-state index contributed by atoms with van der Waals surface area (Å²) in [4.78, 5) is 13.5. The number of nitrogens with zero attached hydrogens (tertiary/aromatic N) is 1. The maximum atomic E-state index is 11.5. The molecule has 0 aromatic heterocycles. The molecule has 3 aliphatic heterocycles. The van der Waals surface area contributed by atoms with E-state index in [1.807, 2.05) is 4.90 Å². The maximum absolute atomic E-state index is 11.5. The fraction of sp³-hybridized carbons (Fsp3) is 0.875. The Morgan fingerprint density at radius 3 is 2.46 bits per heavy atom. The van der Waals surface area contributed by atoms with E-state index in [1.54, 1.807) is 0 Å². The van der Waals surface area contributed by atoms with Crippen LogP contribution in [0.15, 0.2) is 0 Å². The Bertz CT molecular complexity index is 224. The van der Waals surface area contributed by atoms with Gasteiger partial charge in [0.2, 0.25) is 0 Å². The van der Waals surface area contributed by atoms with Gasteiger partial charge in [0.25, 0.3) is 5.91 Å². The van der Waals surface area contributed by atoms with E-state index in [0.717, 1.165) is 32.4 Å². The Kier molecular flexibility index (Phi) is 2.02. The van der Waals surface area contributed by atoms with E-state index in [9.17, 15) is 4.79 Å². The quantitative estimate of drug-likeness (QED) is 0.270. The highest BCUT2D eigenvalue weighted by molar-refractivity contribution is 5.85. The van der Waals surface area contributed by atoms with Crippen LogP contribution < -0.4 is 17.0 Å². The molecule has 5 N–H and O–H groups in total. The van der Waals surface area contributed by atoms with Crippen molar-refractivity contribution in [3.8, 4) is 0 Å². The second kappa shape index (κ2) is 2.94. The zero-order valence-corrected chi connectivity index (χ0v) is 7.62. The molecule has 5 heteroatoms. The van der Waals surface area contributed by atoms with E-state index in [-0.39, 0.29) is 5.91 Å². The standard InChI is InChI=1S/C8H16N4O/c9-8(7(13)11-10)5-6-1-3-12(8)4-2-6/h6H,1-5,9-10H2,(H,11,13). The van der Waals surface area contributed by atoms with Gasteiger partial charge in [-0.15, -0.1) is 0 Å². The first-order valence-corrected chi connectivity index (χ1v) is 4.72. The summed E-state index contributed by atoms with van der Waals surface area (Å²) in [5.41, 5.74) is 7.35. The van der Waals surface area contributed by atoms with Crippen LogP contribution >= 0.6 is 0 Å². The molecule has 3 rings (SSSR count). The van der Waals surface area contributed by atoms with Crippen molar-refractivity contribution < 1.29 is 4.79 Å². The molecule has 1 amide bonds. The third-order valence-electron chi connectivity index (χ3n) is 3.30. The highest BCUT2D eigenvalue weighted by Crippen LogP contribution is 2.35. The van der Waals surface area contributed by atoms with E-state index < -0.39 is 5.66 Å². The van der Waals surface area contributed by atoms with Crippen LogP contribution in [0, 0.1) is 5.92 Å². The molecule has 1 unspecified atom stereocenters. The van der Waals surface area contributed by atoms with Gasteiger partial charge in [0.05, 0.1) is 0 Å². The fourth-order valence-corrected chi connectivity index (χ4v) is 2.47. The second-order valence-corrected chi connectivity index (χ2v) is 4.03. The van der Waals surface area contributed by atoms with Gasteiger partial charge in [-0.25, -0.2) is 5.84 Å². The van der Waals surface area contributed by atoms with Crippen LogP contribution in [0.2, 0.25) is 0 Å². The Morgan fingerprint density at radius 2 is 2.08 bits per heavy atom. The van der Waals surface area contributed by atoms with Gasteiger partial charge in [-0.3, -0.25) is 15.1 Å². The summed E-state index contributed by atoms with van der Waals surface area (Å²) >= 11 is 0. The largest absolute Gasteiger partial charge is 0.305 e. The van der Waals surface area contributed by atoms with Gasteiger partial charge in [0.15, 0.2) is 5.66 Å². The summed E-state index contributed by atoms with van der Waals surface area (Å²) in [5, 5.41) is 0. The number of fused-ring (bicyclic) bond motifs is 3. The van der Waals surface area contributed by atoms with Crippen LogP contribution in [-0.2, 0) is 4.79 Å². The molecule has 0 aliphatic carbocycles. The molecule has 0 aromatic carbocycles. The van der Waals surface area contributed by atoms with Gasteiger partial charge in [0.1, 0.15) is 0 Å². The molecular formula is C8H16N4O. The molecule has 74 valence electrons. The maximum Gasteiger partial charge on any atom is 0.269 e. The molecule has 0 saturated carbocycles. The number of rotatable bonds is 1. The summed E-state index contributed by atoms with van der Waals surface area (Å²) < 4.78 is 0. The highest BCUT2D eigenvalue weighted by atomic mass is 16.2. The molecule has 3 heterocycles. The lowest BCUT2D eigenvalue weighted by molar-refractivity contribution is -0.141. The molecule has 0 aromatic rings. The lowest BCUT2D eigenvalue weighted by atomic mass is 9.79. The van der Waals surface area contributed by atoms with E-state index in [4.69, 9.17) is 11.6 Å².